The van der Waals surface area contributed by atoms with Crippen LogP contribution in [-0.2, 0) is 0 Å². The Morgan fingerprint density at radius 1 is 0.414 bits per heavy atom. The predicted molar refractivity (Wildman–Crippen MR) is 246 cm³/mol. The second-order valence-electron chi connectivity index (χ2n) is 14.9. The largest absolute Gasteiger partial charge is 0.456 e. The molecule has 0 bridgehead atoms. The maximum absolute atomic E-state index is 8.70. The van der Waals surface area contributed by atoms with E-state index in [1.54, 1.807) is 12.1 Å². The van der Waals surface area contributed by atoms with Gasteiger partial charge in [0, 0.05) is 64.2 Å². The summed E-state index contributed by atoms with van der Waals surface area (Å²) in [4.78, 5) is 0. The summed E-state index contributed by atoms with van der Waals surface area (Å²) in [6.45, 7) is 0. The minimum atomic E-state index is -0.414. The third-order valence-corrected chi connectivity index (χ3v) is 12.9. The van der Waals surface area contributed by atoms with Gasteiger partial charge in [0.2, 0.25) is 0 Å². The molecule has 270 valence electrons. The first-order chi connectivity index (χ1) is 30.8. The van der Waals surface area contributed by atoms with Crippen LogP contribution in [0.4, 0.5) is 0 Å². The van der Waals surface area contributed by atoms with Crippen LogP contribution in [0.25, 0.3) is 119 Å². The number of fused-ring (bicyclic) bond motifs is 12. The van der Waals surface area contributed by atoms with Crippen molar-refractivity contribution >= 4 is 97.1 Å². The van der Waals surface area contributed by atoms with Gasteiger partial charge in [-0.3, -0.25) is 0 Å². The van der Waals surface area contributed by atoms with Crippen molar-refractivity contribution in [2.24, 2.45) is 0 Å². The van der Waals surface area contributed by atoms with Gasteiger partial charge in [0.15, 0.2) is 0 Å². The normalized spacial score (nSPS) is 13.3. The number of furan rings is 1. The van der Waals surface area contributed by atoms with Crippen LogP contribution >= 0.6 is 11.3 Å². The molecule has 3 nitrogen and oxygen atoms in total. The smallest absolute Gasteiger partial charge is 0.137 e. The number of hydrogen-bond acceptors (Lipinski definition) is 2. The van der Waals surface area contributed by atoms with Crippen molar-refractivity contribution < 1.29 is 11.3 Å². The Kier molecular flexibility index (Phi) is 5.66. The van der Waals surface area contributed by atoms with E-state index in [0.717, 1.165) is 44.0 Å². The summed E-state index contributed by atoms with van der Waals surface area (Å²) >= 11 is 1.84. The summed E-state index contributed by atoms with van der Waals surface area (Å²) in [5, 5.41) is 8.76. The van der Waals surface area contributed by atoms with E-state index < -0.39 is 6.04 Å². The number of aromatic nitrogens is 2. The van der Waals surface area contributed by atoms with Crippen molar-refractivity contribution in [1.29, 1.82) is 0 Å². The first kappa shape index (κ1) is 27.2. The maximum Gasteiger partial charge on any atom is 0.137 e. The molecule has 0 saturated heterocycles. The van der Waals surface area contributed by atoms with Gasteiger partial charge < -0.3 is 13.6 Å². The van der Waals surface area contributed by atoms with Crippen molar-refractivity contribution in [3.05, 3.63) is 194 Å². The lowest BCUT2D eigenvalue weighted by Crippen LogP contribution is -1.94. The van der Waals surface area contributed by atoms with Crippen LogP contribution in [0.3, 0.4) is 0 Å². The second-order valence-corrected chi connectivity index (χ2v) is 16.0. The summed E-state index contributed by atoms with van der Waals surface area (Å²) in [6.07, 6.45) is 0. The van der Waals surface area contributed by atoms with Crippen molar-refractivity contribution in [1.82, 2.24) is 9.13 Å². The lowest BCUT2D eigenvalue weighted by Gasteiger charge is -2.11. The number of para-hydroxylation sites is 2. The molecule has 0 unspecified atom stereocenters. The highest BCUT2D eigenvalue weighted by atomic mass is 32.1. The quantitative estimate of drug-likeness (QED) is 0.175. The van der Waals surface area contributed by atoms with Crippen LogP contribution in [0.15, 0.2) is 198 Å². The lowest BCUT2D eigenvalue weighted by atomic mass is 9.99. The third-order valence-electron chi connectivity index (χ3n) is 11.8. The number of rotatable bonds is 4. The van der Waals surface area contributed by atoms with Gasteiger partial charge in [-0.2, -0.15) is 0 Å². The van der Waals surface area contributed by atoms with Gasteiger partial charge in [0.1, 0.15) is 11.2 Å². The van der Waals surface area contributed by atoms with Crippen molar-refractivity contribution in [3.63, 3.8) is 0 Å². The molecule has 13 rings (SSSR count). The molecule has 0 radical (unpaired) electrons. The summed E-state index contributed by atoms with van der Waals surface area (Å²) < 4.78 is 55.9. The fourth-order valence-electron chi connectivity index (χ4n) is 9.33. The van der Waals surface area contributed by atoms with E-state index in [1.807, 2.05) is 29.5 Å². The number of nitrogens with zero attached hydrogens (tertiary/aromatic N) is 2. The molecule has 4 aromatic heterocycles. The maximum atomic E-state index is 8.70. The van der Waals surface area contributed by atoms with Crippen LogP contribution < -0.4 is 0 Å². The fourth-order valence-corrected chi connectivity index (χ4v) is 10.5. The number of hydrogen-bond donors (Lipinski definition) is 0. The van der Waals surface area contributed by atoms with Gasteiger partial charge in [-0.1, -0.05) is 115 Å². The topological polar surface area (TPSA) is 23.0 Å². The SMILES string of the molecule is [2H]c1c([2H])c([2H])c(-c2cccc3oc4cc(-n5c6ccccc6c6cc(-c7ccc8c(c7)c7ccccc7n8-c7cccc8sc9ccccc9c78)ccc65)ccc4c23)c([2H])c1[2H]. The molecule has 4 heteroatoms. The zero-order valence-electron chi connectivity index (χ0n) is 35.8. The van der Waals surface area contributed by atoms with Gasteiger partial charge in [0.25, 0.3) is 0 Å². The molecule has 0 atom stereocenters. The van der Waals surface area contributed by atoms with Gasteiger partial charge >= 0.3 is 0 Å². The molecule has 4 heterocycles. The Balaban J connectivity index is 0.961. The average molecular weight is 762 g/mol. The highest BCUT2D eigenvalue weighted by molar-refractivity contribution is 7.25. The number of thiophene rings is 1. The van der Waals surface area contributed by atoms with E-state index in [4.69, 9.17) is 11.3 Å². The summed E-state index contributed by atoms with van der Waals surface area (Å²) in [5.74, 6) is 0. The molecule has 0 spiro atoms. The van der Waals surface area contributed by atoms with E-state index in [0.29, 0.717) is 22.1 Å². The van der Waals surface area contributed by atoms with Crippen LogP contribution in [0, 0.1) is 0 Å². The highest BCUT2D eigenvalue weighted by Gasteiger charge is 2.20. The van der Waals surface area contributed by atoms with Crippen molar-refractivity contribution in [2.45, 2.75) is 0 Å². The second kappa shape index (κ2) is 12.1. The minimum Gasteiger partial charge on any atom is -0.456 e. The Morgan fingerprint density at radius 2 is 1.05 bits per heavy atom. The van der Waals surface area contributed by atoms with Gasteiger partial charge in [-0.25, -0.2) is 0 Å². The van der Waals surface area contributed by atoms with Crippen LogP contribution in [0.2, 0.25) is 0 Å². The van der Waals surface area contributed by atoms with Crippen LogP contribution in [0.1, 0.15) is 6.85 Å². The summed E-state index contributed by atoms with van der Waals surface area (Å²) in [6, 6.07) is 56.1. The lowest BCUT2D eigenvalue weighted by molar-refractivity contribution is 0.668. The molecule has 58 heavy (non-hydrogen) atoms. The number of benzene rings is 9. The third kappa shape index (κ3) is 4.49. The molecule has 0 aliphatic rings. The predicted octanol–water partition coefficient (Wildman–Crippen LogP) is 15.5. The molecule has 0 aliphatic carbocycles. The Morgan fingerprint density at radius 3 is 1.83 bits per heavy atom. The van der Waals surface area contributed by atoms with Crippen molar-refractivity contribution in [3.8, 4) is 33.6 Å². The molecule has 0 amide bonds. The molecule has 13 aromatic rings. The van der Waals surface area contributed by atoms with E-state index in [9.17, 15) is 0 Å². The molecule has 0 saturated carbocycles. The molecule has 0 aliphatic heterocycles. The molecular weight excluding hydrogens is 725 g/mol. The van der Waals surface area contributed by atoms with E-state index in [-0.39, 0.29) is 29.7 Å². The summed E-state index contributed by atoms with van der Waals surface area (Å²) in [5.41, 5.74) is 10.8. The molecule has 0 N–H and O–H groups in total. The molecule has 9 aromatic carbocycles. The van der Waals surface area contributed by atoms with Crippen molar-refractivity contribution in [2.75, 3.05) is 0 Å². The highest BCUT2D eigenvalue weighted by Crippen LogP contribution is 2.43. The van der Waals surface area contributed by atoms with Gasteiger partial charge in [0.05, 0.1) is 34.6 Å². The first-order valence-corrected chi connectivity index (χ1v) is 20.2. The Bertz CT molecular complexity index is 4090. The fraction of sp³-hybridized carbons (Fsp3) is 0. The first-order valence-electron chi connectivity index (χ1n) is 21.8. The van der Waals surface area contributed by atoms with Gasteiger partial charge in [-0.15, -0.1) is 11.3 Å². The molecular formula is C54H32N2OS. The Hall–Kier alpha value is -7.40. The van der Waals surface area contributed by atoms with E-state index in [2.05, 4.69) is 143 Å². The standard InChI is InChI=1S/C54H32N2OS/c1-2-12-33(13-3-1)37-17-10-21-49-53(37)40-27-26-36(32-50(40)57-49)55-44-18-7-4-14-38(44)42-30-34(24-28-46(42)55)35-25-29-47-43(31-35)39-15-5-8-19-45(39)56(47)48-20-11-23-52-54(48)41-16-6-9-22-51(41)58-52/h1-32H/i1D,2D,3D,12D,13D. The summed E-state index contributed by atoms with van der Waals surface area (Å²) in [7, 11) is 0. The molecule has 0 fully saturated rings. The van der Waals surface area contributed by atoms with Crippen LogP contribution in [0.5, 0.6) is 0 Å². The van der Waals surface area contributed by atoms with Crippen LogP contribution in [-0.4, -0.2) is 9.13 Å². The van der Waals surface area contributed by atoms with E-state index in [1.165, 1.54) is 47.7 Å². The van der Waals surface area contributed by atoms with E-state index >= 15 is 0 Å². The zero-order chi connectivity index (χ0) is 42.2. The van der Waals surface area contributed by atoms with Gasteiger partial charge in [-0.05, 0) is 95.1 Å². The monoisotopic (exact) mass is 761 g/mol. The average Bonchev–Trinajstić information content (AvgIpc) is 4.07. The zero-order valence-corrected chi connectivity index (χ0v) is 31.6. The minimum absolute atomic E-state index is 0.159. The Labute approximate surface area is 343 Å².